The first-order valence-corrected chi connectivity index (χ1v) is 12.7. The predicted octanol–water partition coefficient (Wildman–Crippen LogP) is 9.27. The van der Waals surface area contributed by atoms with Crippen LogP contribution < -0.4 is 0 Å². The molecule has 0 amide bonds. The average molecular weight is 517 g/mol. The highest BCUT2D eigenvalue weighted by Crippen LogP contribution is 2.41. The van der Waals surface area contributed by atoms with E-state index in [1.807, 2.05) is 12.1 Å². The molecule has 0 atom stereocenters. The molecule has 1 fully saturated rings. The van der Waals surface area contributed by atoms with Gasteiger partial charge in [-0.2, -0.15) is 0 Å². The Morgan fingerprint density at radius 3 is 2.00 bits per heavy atom. The number of rotatable bonds is 8. The van der Waals surface area contributed by atoms with Crippen molar-refractivity contribution in [1.29, 1.82) is 0 Å². The lowest BCUT2D eigenvalue weighted by atomic mass is 9.77. The molecule has 1 N–H and O–H groups in total. The second-order valence-corrected chi connectivity index (χ2v) is 9.86. The first kappa shape index (κ1) is 26.8. The summed E-state index contributed by atoms with van der Waals surface area (Å²) in [7, 11) is 0. The predicted molar refractivity (Wildman–Crippen MR) is 133 cm³/mol. The standard InChI is InChI=1S/C30H29F5O2/c1-2-3-4-5-17-6-8-18(9-7-17)19-10-12-20(13-11-19)22-16-23(31)27(30(36)37)29(35)26(22)21-14-24(32)28(34)25(33)15-21/h10-18H,2-9H2,1H3,(H,36,37)/t17-,18-. The zero-order valence-electron chi connectivity index (χ0n) is 20.6. The Balaban J connectivity index is 1.67. The van der Waals surface area contributed by atoms with Crippen molar-refractivity contribution in [3.8, 4) is 22.3 Å². The van der Waals surface area contributed by atoms with Crippen molar-refractivity contribution < 1.29 is 31.9 Å². The van der Waals surface area contributed by atoms with Crippen LogP contribution in [-0.4, -0.2) is 11.1 Å². The maximum Gasteiger partial charge on any atom is 0.341 e. The summed E-state index contributed by atoms with van der Waals surface area (Å²) in [5.74, 6) is -8.43. The van der Waals surface area contributed by atoms with Crippen LogP contribution in [0.3, 0.4) is 0 Å². The molecule has 2 nitrogen and oxygen atoms in total. The lowest BCUT2D eigenvalue weighted by molar-refractivity contribution is 0.0686. The smallest absolute Gasteiger partial charge is 0.341 e. The first-order valence-electron chi connectivity index (χ1n) is 12.7. The second-order valence-electron chi connectivity index (χ2n) is 9.86. The Kier molecular flexibility index (Phi) is 8.30. The molecule has 0 radical (unpaired) electrons. The molecule has 4 rings (SSSR count). The van der Waals surface area contributed by atoms with Crippen LogP contribution in [-0.2, 0) is 0 Å². The average Bonchev–Trinajstić information content (AvgIpc) is 2.87. The fraction of sp³-hybridized carbons (Fsp3) is 0.367. The quantitative estimate of drug-likeness (QED) is 0.184. The van der Waals surface area contributed by atoms with E-state index in [2.05, 4.69) is 6.92 Å². The number of carbonyl (C=O) groups is 1. The van der Waals surface area contributed by atoms with Crippen molar-refractivity contribution in [3.63, 3.8) is 0 Å². The molecule has 1 saturated carbocycles. The fourth-order valence-corrected chi connectivity index (χ4v) is 5.43. The van der Waals surface area contributed by atoms with Gasteiger partial charge in [0.1, 0.15) is 17.2 Å². The summed E-state index contributed by atoms with van der Waals surface area (Å²) in [5, 5.41) is 9.30. The third-order valence-electron chi connectivity index (χ3n) is 7.46. The van der Waals surface area contributed by atoms with Gasteiger partial charge in [-0.15, -0.1) is 0 Å². The Bertz CT molecular complexity index is 1260. The molecule has 0 unspecified atom stereocenters. The minimum Gasteiger partial charge on any atom is -0.477 e. The number of halogens is 5. The van der Waals surface area contributed by atoms with Crippen LogP contribution in [0.4, 0.5) is 22.0 Å². The van der Waals surface area contributed by atoms with Crippen LogP contribution in [0, 0.1) is 35.0 Å². The maximum atomic E-state index is 15.3. The molecule has 1 aliphatic carbocycles. The molecular weight excluding hydrogens is 487 g/mol. The topological polar surface area (TPSA) is 37.3 Å². The van der Waals surface area contributed by atoms with Crippen LogP contribution in [0.1, 0.15) is 80.1 Å². The number of hydrogen-bond donors (Lipinski definition) is 1. The second kappa shape index (κ2) is 11.4. The third-order valence-corrected chi connectivity index (χ3v) is 7.46. The lowest BCUT2D eigenvalue weighted by Crippen LogP contribution is -2.13. The Morgan fingerprint density at radius 2 is 1.43 bits per heavy atom. The SMILES string of the molecule is CCCCC[C@H]1CC[C@H](c2ccc(-c3cc(F)c(C(=O)O)c(F)c3-c3cc(F)c(F)c(F)c3)cc2)CC1. The van der Waals surface area contributed by atoms with E-state index < -0.39 is 51.7 Å². The van der Waals surface area contributed by atoms with Crippen molar-refractivity contribution in [2.24, 2.45) is 5.92 Å². The zero-order chi connectivity index (χ0) is 26.7. The van der Waals surface area contributed by atoms with Crippen molar-refractivity contribution in [1.82, 2.24) is 0 Å². The molecular formula is C30H29F5O2. The van der Waals surface area contributed by atoms with Crippen LogP contribution in [0.2, 0.25) is 0 Å². The summed E-state index contributed by atoms with van der Waals surface area (Å²) in [6, 6.07) is 9.03. The molecule has 196 valence electrons. The van der Waals surface area contributed by atoms with Crippen molar-refractivity contribution >= 4 is 5.97 Å². The summed E-state index contributed by atoms with van der Waals surface area (Å²) in [6.45, 7) is 2.20. The van der Waals surface area contributed by atoms with E-state index in [0.717, 1.165) is 43.2 Å². The molecule has 7 heteroatoms. The molecule has 0 aromatic heterocycles. The number of carboxylic acid groups (broad SMARTS) is 1. The Hall–Kier alpha value is -3.22. The Labute approximate surface area is 213 Å². The number of benzene rings is 3. The highest BCUT2D eigenvalue weighted by molar-refractivity contribution is 5.94. The Morgan fingerprint density at radius 1 is 0.811 bits per heavy atom. The summed E-state index contributed by atoms with van der Waals surface area (Å²) >= 11 is 0. The van der Waals surface area contributed by atoms with Crippen molar-refractivity contribution in [2.45, 2.75) is 64.2 Å². The molecule has 0 spiro atoms. The molecule has 1 aliphatic rings. The summed E-state index contributed by atoms with van der Waals surface area (Å²) < 4.78 is 71.5. The molecule has 0 aliphatic heterocycles. The number of carboxylic acids is 1. The summed E-state index contributed by atoms with van der Waals surface area (Å²) in [6.07, 6.45) is 9.44. The number of unbranched alkanes of at least 4 members (excludes halogenated alkanes) is 2. The van der Waals surface area contributed by atoms with E-state index in [4.69, 9.17) is 0 Å². The summed E-state index contributed by atoms with van der Waals surface area (Å²) in [4.78, 5) is 11.5. The van der Waals surface area contributed by atoms with Gasteiger partial charge in [-0.3, -0.25) is 0 Å². The number of hydrogen-bond acceptors (Lipinski definition) is 1. The molecule has 3 aromatic rings. The van der Waals surface area contributed by atoms with Crippen LogP contribution in [0.25, 0.3) is 22.3 Å². The highest BCUT2D eigenvalue weighted by atomic mass is 19.2. The first-order chi connectivity index (χ1) is 17.7. The zero-order valence-corrected chi connectivity index (χ0v) is 20.6. The van der Waals surface area contributed by atoms with E-state index in [0.29, 0.717) is 23.6 Å². The van der Waals surface area contributed by atoms with Crippen LogP contribution >= 0.6 is 0 Å². The molecule has 3 aromatic carbocycles. The molecule has 37 heavy (non-hydrogen) atoms. The fourth-order valence-electron chi connectivity index (χ4n) is 5.43. The van der Waals surface area contributed by atoms with Crippen molar-refractivity contribution in [3.05, 3.63) is 82.7 Å². The van der Waals surface area contributed by atoms with Gasteiger partial charge in [0, 0.05) is 5.56 Å². The lowest BCUT2D eigenvalue weighted by Gasteiger charge is -2.29. The minimum atomic E-state index is -1.87. The van der Waals surface area contributed by atoms with E-state index in [-0.39, 0.29) is 5.56 Å². The largest absolute Gasteiger partial charge is 0.477 e. The molecule has 0 bridgehead atoms. The van der Waals surface area contributed by atoms with Gasteiger partial charge in [-0.25, -0.2) is 26.7 Å². The van der Waals surface area contributed by atoms with Gasteiger partial charge in [0.2, 0.25) is 0 Å². The minimum absolute atomic E-state index is 0.0865. The summed E-state index contributed by atoms with van der Waals surface area (Å²) in [5.41, 5.74) is -0.854. The third kappa shape index (κ3) is 5.71. The van der Waals surface area contributed by atoms with Gasteiger partial charge in [0.05, 0.1) is 0 Å². The van der Waals surface area contributed by atoms with Crippen LogP contribution in [0.15, 0.2) is 42.5 Å². The normalized spacial score (nSPS) is 17.7. The van der Waals surface area contributed by atoms with Crippen LogP contribution in [0.5, 0.6) is 0 Å². The molecule has 0 saturated heterocycles. The van der Waals surface area contributed by atoms with E-state index in [1.165, 1.54) is 25.7 Å². The van der Waals surface area contributed by atoms with Gasteiger partial charge in [0.25, 0.3) is 0 Å². The van der Waals surface area contributed by atoms with Crippen molar-refractivity contribution in [2.75, 3.05) is 0 Å². The maximum absolute atomic E-state index is 15.3. The van der Waals surface area contributed by atoms with Gasteiger partial charge in [0.15, 0.2) is 17.5 Å². The van der Waals surface area contributed by atoms with Gasteiger partial charge in [-0.1, -0.05) is 56.9 Å². The van der Waals surface area contributed by atoms with E-state index >= 15 is 4.39 Å². The highest BCUT2D eigenvalue weighted by Gasteiger charge is 2.27. The van der Waals surface area contributed by atoms with E-state index in [1.54, 1.807) is 12.1 Å². The van der Waals surface area contributed by atoms with Gasteiger partial charge >= 0.3 is 5.97 Å². The van der Waals surface area contributed by atoms with Gasteiger partial charge in [-0.05, 0) is 78.0 Å². The number of aromatic carboxylic acids is 1. The van der Waals surface area contributed by atoms with E-state index in [9.17, 15) is 27.5 Å². The molecule has 0 heterocycles. The monoisotopic (exact) mass is 516 g/mol. The van der Waals surface area contributed by atoms with Gasteiger partial charge < -0.3 is 5.11 Å².